The molecule has 0 aliphatic heterocycles. The summed E-state index contributed by atoms with van der Waals surface area (Å²) in [7, 11) is 3.39. The Morgan fingerprint density at radius 3 is 2.87 bits per heavy atom. The van der Waals surface area contributed by atoms with E-state index < -0.39 is 0 Å². The van der Waals surface area contributed by atoms with Crippen molar-refractivity contribution in [2.45, 2.75) is 0 Å². The average molecular weight is 224 g/mol. The number of hydrazine groups is 1. The number of thiocarbonyl (C=S) groups is 1. The van der Waals surface area contributed by atoms with E-state index in [0.717, 1.165) is 11.3 Å². The van der Waals surface area contributed by atoms with Crippen LogP contribution in [0.5, 0.6) is 5.75 Å². The molecular formula is C10H14N3OS+. The Balaban J connectivity index is 2.67. The van der Waals surface area contributed by atoms with Crippen molar-refractivity contribution >= 4 is 23.5 Å². The molecule has 0 radical (unpaired) electrons. The first-order chi connectivity index (χ1) is 7.27. The van der Waals surface area contributed by atoms with Crippen molar-refractivity contribution in [1.29, 1.82) is 0 Å². The standard InChI is InChI=1S/C10H13N3OS/c1-11-10(15)13-12-7-8-5-3-4-6-9(8)14-2/h3-7H,1-2H3,(H2,11,13,15)/p+1. The number of ether oxygens (including phenoxy) is 1. The molecular weight excluding hydrogens is 210 g/mol. The molecule has 0 aliphatic carbocycles. The SMILES string of the molecule is CNC(=S)N[NH+]=Cc1ccccc1OC. The lowest BCUT2D eigenvalue weighted by atomic mass is 10.2. The first-order valence-electron chi connectivity index (χ1n) is 4.47. The van der Waals surface area contributed by atoms with Crippen LogP contribution < -0.4 is 20.6 Å². The summed E-state index contributed by atoms with van der Waals surface area (Å²) in [5.41, 5.74) is 3.74. The summed E-state index contributed by atoms with van der Waals surface area (Å²) < 4.78 is 5.18. The molecule has 80 valence electrons. The highest BCUT2D eigenvalue weighted by Gasteiger charge is 2.00. The van der Waals surface area contributed by atoms with E-state index in [0.29, 0.717) is 5.11 Å². The number of hydrazone groups is 1. The highest BCUT2D eigenvalue weighted by Crippen LogP contribution is 2.13. The smallest absolute Gasteiger partial charge is 0.223 e. The van der Waals surface area contributed by atoms with Gasteiger partial charge >= 0.3 is 0 Å². The predicted molar refractivity (Wildman–Crippen MR) is 63.9 cm³/mol. The molecule has 0 spiro atoms. The molecule has 15 heavy (non-hydrogen) atoms. The minimum Gasteiger partial charge on any atom is -0.496 e. The molecule has 5 heteroatoms. The van der Waals surface area contributed by atoms with E-state index in [1.165, 1.54) is 0 Å². The molecule has 0 saturated carbocycles. The molecule has 0 aliphatic rings. The maximum atomic E-state index is 5.18. The molecule has 0 fully saturated rings. The van der Waals surface area contributed by atoms with E-state index in [4.69, 9.17) is 17.0 Å². The Morgan fingerprint density at radius 2 is 2.20 bits per heavy atom. The van der Waals surface area contributed by atoms with E-state index in [1.807, 2.05) is 24.3 Å². The van der Waals surface area contributed by atoms with Crippen molar-refractivity contribution in [3.05, 3.63) is 29.8 Å². The Morgan fingerprint density at radius 1 is 1.47 bits per heavy atom. The van der Waals surface area contributed by atoms with Crippen LogP contribution in [0.2, 0.25) is 0 Å². The van der Waals surface area contributed by atoms with Gasteiger partial charge in [-0.1, -0.05) is 12.1 Å². The molecule has 0 unspecified atom stereocenters. The molecule has 0 amide bonds. The second kappa shape index (κ2) is 5.98. The number of rotatable bonds is 3. The predicted octanol–water partition coefficient (Wildman–Crippen LogP) is -0.796. The number of para-hydroxylation sites is 1. The average Bonchev–Trinajstić information content (AvgIpc) is 2.29. The van der Waals surface area contributed by atoms with E-state index in [2.05, 4.69) is 15.8 Å². The fraction of sp³-hybridized carbons (Fsp3) is 0.200. The molecule has 0 bridgehead atoms. The van der Waals surface area contributed by atoms with E-state index >= 15 is 0 Å². The highest BCUT2D eigenvalue weighted by atomic mass is 32.1. The number of benzene rings is 1. The normalized spacial score (nSPS) is 10.0. The third-order valence-corrected chi connectivity index (χ3v) is 2.09. The van der Waals surface area contributed by atoms with Crippen LogP contribution in [0.4, 0.5) is 0 Å². The van der Waals surface area contributed by atoms with Crippen LogP contribution in [-0.4, -0.2) is 25.5 Å². The zero-order chi connectivity index (χ0) is 11.1. The van der Waals surface area contributed by atoms with Gasteiger partial charge in [-0.05, 0) is 24.4 Å². The summed E-state index contributed by atoms with van der Waals surface area (Å²) in [6.07, 6.45) is 1.78. The second-order valence-corrected chi connectivity index (χ2v) is 3.14. The maximum absolute atomic E-state index is 5.18. The molecule has 1 rings (SSSR count). The second-order valence-electron chi connectivity index (χ2n) is 2.73. The molecule has 1 aromatic carbocycles. The quantitative estimate of drug-likeness (QED) is 0.357. The number of hydrogen-bond donors (Lipinski definition) is 3. The van der Waals surface area contributed by atoms with Crippen LogP contribution in [0, 0.1) is 0 Å². The Hall–Kier alpha value is -1.62. The first-order valence-corrected chi connectivity index (χ1v) is 4.88. The molecule has 3 N–H and O–H groups in total. The van der Waals surface area contributed by atoms with Gasteiger partial charge in [0.2, 0.25) is 11.3 Å². The zero-order valence-electron chi connectivity index (χ0n) is 8.70. The van der Waals surface area contributed by atoms with Gasteiger partial charge in [-0.2, -0.15) is 0 Å². The Kier molecular flexibility index (Phi) is 4.56. The number of hydrogen-bond acceptors (Lipinski definition) is 2. The van der Waals surface area contributed by atoms with Gasteiger partial charge in [-0.3, -0.25) is 0 Å². The number of methoxy groups -OCH3 is 1. The molecule has 4 nitrogen and oxygen atoms in total. The highest BCUT2D eigenvalue weighted by molar-refractivity contribution is 7.80. The van der Waals surface area contributed by atoms with Crippen molar-refractivity contribution in [3.63, 3.8) is 0 Å². The van der Waals surface area contributed by atoms with Crippen LogP contribution in [-0.2, 0) is 0 Å². The topological polar surface area (TPSA) is 47.3 Å². The molecule has 0 aromatic heterocycles. The summed E-state index contributed by atoms with van der Waals surface area (Å²) >= 11 is 4.90. The van der Waals surface area contributed by atoms with E-state index in [9.17, 15) is 0 Å². The van der Waals surface area contributed by atoms with Crippen molar-refractivity contribution in [2.24, 2.45) is 0 Å². The van der Waals surface area contributed by atoms with Gasteiger partial charge in [0.15, 0.2) is 0 Å². The summed E-state index contributed by atoms with van der Waals surface area (Å²) in [5.74, 6) is 0.808. The van der Waals surface area contributed by atoms with Gasteiger partial charge in [0.05, 0.1) is 12.7 Å². The van der Waals surface area contributed by atoms with Crippen molar-refractivity contribution in [2.75, 3.05) is 14.2 Å². The van der Waals surface area contributed by atoms with Gasteiger partial charge < -0.3 is 10.1 Å². The van der Waals surface area contributed by atoms with E-state index in [1.54, 1.807) is 20.4 Å². The molecule has 0 atom stereocenters. The van der Waals surface area contributed by atoms with Crippen LogP contribution in [0.3, 0.4) is 0 Å². The lowest BCUT2D eigenvalue weighted by Crippen LogP contribution is -2.82. The van der Waals surface area contributed by atoms with Crippen LogP contribution >= 0.6 is 12.2 Å². The van der Waals surface area contributed by atoms with Crippen molar-refractivity contribution in [1.82, 2.24) is 10.7 Å². The third-order valence-electron chi connectivity index (χ3n) is 1.78. The van der Waals surface area contributed by atoms with Gasteiger partial charge in [-0.15, -0.1) is 10.5 Å². The Bertz CT molecular complexity index is 365. The summed E-state index contributed by atoms with van der Waals surface area (Å²) in [5, 5.41) is 6.18. The molecule has 1 aromatic rings. The van der Waals surface area contributed by atoms with Gasteiger partial charge in [0.25, 0.3) is 0 Å². The summed E-state index contributed by atoms with van der Waals surface area (Å²) in [6.45, 7) is 0. The van der Waals surface area contributed by atoms with Gasteiger partial charge in [0.1, 0.15) is 5.75 Å². The minimum atomic E-state index is 0.529. The van der Waals surface area contributed by atoms with Crippen LogP contribution in [0.25, 0.3) is 0 Å². The van der Waals surface area contributed by atoms with Crippen molar-refractivity contribution < 1.29 is 9.84 Å². The van der Waals surface area contributed by atoms with Gasteiger partial charge in [-0.25, -0.2) is 0 Å². The maximum Gasteiger partial charge on any atom is 0.223 e. The summed E-state index contributed by atoms with van der Waals surface area (Å²) in [6, 6.07) is 7.69. The van der Waals surface area contributed by atoms with Crippen LogP contribution in [0.15, 0.2) is 24.3 Å². The largest absolute Gasteiger partial charge is 0.496 e. The molecule has 0 saturated heterocycles. The first kappa shape index (κ1) is 11.5. The fourth-order valence-corrected chi connectivity index (χ4v) is 1.09. The number of nitrogens with one attached hydrogen (secondary N) is 3. The lowest BCUT2D eigenvalue weighted by Gasteiger charge is -2.00. The lowest BCUT2D eigenvalue weighted by molar-refractivity contribution is -0.500. The fourth-order valence-electron chi connectivity index (χ4n) is 1.03. The van der Waals surface area contributed by atoms with E-state index in [-0.39, 0.29) is 0 Å². The van der Waals surface area contributed by atoms with Crippen LogP contribution in [0.1, 0.15) is 5.56 Å². The molecule has 0 heterocycles. The third kappa shape index (κ3) is 3.55. The monoisotopic (exact) mass is 224 g/mol. The van der Waals surface area contributed by atoms with Gasteiger partial charge in [0, 0.05) is 7.05 Å². The summed E-state index contributed by atoms with van der Waals surface area (Å²) in [4.78, 5) is 0. The zero-order valence-corrected chi connectivity index (χ0v) is 9.52. The minimum absolute atomic E-state index is 0.529. The Labute approximate surface area is 94.3 Å². The van der Waals surface area contributed by atoms with Crippen molar-refractivity contribution in [3.8, 4) is 5.75 Å².